The van der Waals surface area contributed by atoms with Gasteiger partial charge in [0.1, 0.15) is 5.60 Å². The lowest BCUT2D eigenvalue weighted by Gasteiger charge is -2.32. The number of nitrogens with zero attached hydrogens (tertiary/aromatic N) is 2. The van der Waals surface area contributed by atoms with Crippen molar-refractivity contribution in [2.24, 2.45) is 0 Å². The first kappa shape index (κ1) is 30.4. The number of carbonyl (C=O) groups excluding carboxylic acids is 3. The second-order valence-corrected chi connectivity index (χ2v) is 10.7. The molecule has 0 aliphatic carbocycles. The smallest absolute Gasteiger partial charge is 0.411 e. The van der Waals surface area contributed by atoms with E-state index in [2.05, 4.69) is 6.92 Å². The number of Topliss-reactive ketones (excluding diaryl/α,β-unsaturated/α-hetero) is 1. The van der Waals surface area contributed by atoms with E-state index in [0.717, 1.165) is 17.9 Å². The molecule has 1 rings (SSSR count). The molecule has 7 heteroatoms. The molecule has 0 aromatic heterocycles. The predicted octanol–water partition coefficient (Wildman–Crippen LogP) is 6.43. The Morgan fingerprint density at radius 3 is 1.82 bits per heavy atom. The van der Waals surface area contributed by atoms with Gasteiger partial charge >= 0.3 is 6.09 Å². The zero-order chi connectivity index (χ0) is 25.6. The summed E-state index contributed by atoms with van der Waals surface area (Å²) in [5, 5.41) is 1.01. The monoisotopic (exact) mass is 482 g/mol. The van der Waals surface area contributed by atoms with E-state index in [9.17, 15) is 14.4 Å². The number of hydrogen-bond acceptors (Lipinski definition) is 5. The quantitative estimate of drug-likeness (QED) is 0.144. The van der Waals surface area contributed by atoms with Crippen LogP contribution in [-0.2, 0) is 19.2 Å². The summed E-state index contributed by atoms with van der Waals surface area (Å²) >= 11 is 0. The predicted molar refractivity (Wildman–Crippen MR) is 135 cm³/mol. The highest BCUT2D eigenvalue weighted by Gasteiger charge is 2.49. The third-order valence-electron chi connectivity index (χ3n) is 6.48. The molecule has 1 aliphatic rings. The zero-order valence-electron chi connectivity index (χ0n) is 22.7. The molecule has 0 radical (unpaired) electrons. The van der Waals surface area contributed by atoms with Crippen LogP contribution in [-0.4, -0.2) is 59.6 Å². The fourth-order valence-corrected chi connectivity index (χ4v) is 4.54. The van der Waals surface area contributed by atoms with Crippen molar-refractivity contribution in [3.8, 4) is 0 Å². The zero-order valence-corrected chi connectivity index (χ0v) is 22.7. The number of hydrogen-bond donors (Lipinski definition) is 0. The van der Waals surface area contributed by atoms with Gasteiger partial charge in [0.15, 0.2) is 11.8 Å². The van der Waals surface area contributed by atoms with Crippen molar-refractivity contribution in [2.75, 3.05) is 14.2 Å². The van der Waals surface area contributed by atoms with Gasteiger partial charge in [0.05, 0.1) is 7.11 Å². The number of amides is 2. The van der Waals surface area contributed by atoms with E-state index in [1.807, 2.05) is 0 Å². The van der Waals surface area contributed by atoms with Crippen molar-refractivity contribution in [2.45, 2.75) is 142 Å². The maximum absolute atomic E-state index is 12.9. The topological polar surface area (TPSA) is 76.2 Å². The Kier molecular flexibility index (Phi) is 14.4. The van der Waals surface area contributed by atoms with Crippen molar-refractivity contribution < 1.29 is 24.0 Å². The molecule has 7 nitrogen and oxygen atoms in total. The first-order valence-corrected chi connectivity index (χ1v) is 13.5. The second-order valence-electron chi connectivity index (χ2n) is 10.7. The Bertz CT molecular complexity index is 617. The van der Waals surface area contributed by atoms with E-state index in [1.165, 1.54) is 89.7 Å². The molecule has 0 saturated carbocycles. The molecule has 2 amide bonds. The van der Waals surface area contributed by atoms with Crippen LogP contribution in [0.3, 0.4) is 0 Å². The molecule has 0 spiro atoms. The fourth-order valence-electron chi connectivity index (χ4n) is 4.54. The molecule has 1 fully saturated rings. The highest BCUT2D eigenvalue weighted by atomic mass is 16.7. The van der Waals surface area contributed by atoms with Crippen molar-refractivity contribution in [3.63, 3.8) is 0 Å². The molecule has 1 aliphatic heterocycles. The summed E-state index contributed by atoms with van der Waals surface area (Å²) in [4.78, 5) is 44.7. The first-order valence-electron chi connectivity index (χ1n) is 13.5. The Balaban J connectivity index is 2.43. The van der Waals surface area contributed by atoms with E-state index in [1.54, 1.807) is 20.8 Å². The minimum Gasteiger partial charge on any atom is -0.444 e. The Labute approximate surface area is 207 Å². The molecule has 0 N–H and O–H groups in total. The average Bonchev–Trinajstić information content (AvgIpc) is 3.10. The summed E-state index contributed by atoms with van der Waals surface area (Å²) in [7, 11) is 2.81. The summed E-state index contributed by atoms with van der Waals surface area (Å²) in [5.74, 6) is -0.786. The molecule has 0 aromatic carbocycles. The van der Waals surface area contributed by atoms with Crippen LogP contribution in [0.4, 0.5) is 4.79 Å². The second kappa shape index (κ2) is 16.1. The lowest BCUT2D eigenvalue weighted by atomic mass is 10.0. The van der Waals surface area contributed by atoms with Gasteiger partial charge in [-0.2, -0.15) is 0 Å². The van der Waals surface area contributed by atoms with Gasteiger partial charge < -0.3 is 4.74 Å². The third-order valence-corrected chi connectivity index (χ3v) is 6.48. The number of rotatable bonds is 16. The standard InChI is InChI=1S/C27H50N2O5/c1-7-8-9-10-11-12-13-14-15-16-17-18-19-20-22-21-23(30)24(25(31)28(5)33-6)29(22)26(32)34-27(2,3)4/h22,24H,7-21H2,1-6H3/t22-,24-/m1/s1. The van der Waals surface area contributed by atoms with E-state index < -0.39 is 23.6 Å². The number of likely N-dealkylation sites (N-methyl/N-ethyl adjacent to an activating group) is 1. The molecule has 0 aromatic rings. The average molecular weight is 483 g/mol. The highest BCUT2D eigenvalue weighted by Crippen LogP contribution is 2.29. The largest absolute Gasteiger partial charge is 0.444 e. The van der Waals surface area contributed by atoms with Gasteiger partial charge in [-0.05, 0) is 27.2 Å². The van der Waals surface area contributed by atoms with Crippen LogP contribution in [0.5, 0.6) is 0 Å². The molecule has 2 atom stereocenters. The molecular weight excluding hydrogens is 432 g/mol. The van der Waals surface area contributed by atoms with Crippen LogP contribution < -0.4 is 0 Å². The van der Waals surface area contributed by atoms with E-state index in [0.29, 0.717) is 6.42 Å². The summed E-state index contributed by atoms with van der Waals surface area (Å²) in [6.07, 6.45) is 16.8. The minimum atomic E-state index is -1.17. The minimum absolute atomic E-state index is 0.186. The maximum atomic E-state index is 12.9. The number of carbonyl (C=O) groups is 3. The maximum Gasteiger partial charge on any atom is 0.411 e. The van der Waals surface area contributed by atoms with E-state index in [-0.39, 0.29) is 18.2 Å². The number of unbranched alkanes of at least 4 members (excludes halogenated alkanes) is 12. The number of ketones is 1. The van der Waals surface area contributed by atoms with E-state index in [4.69, 9.17) is 9.57 Å². The van der Waals surface area contributed by atoms with Crippen LogP contribution in [0.2, 0.25) is 0 Å². The lowest BCUT2D eigenvalue weighted by molar-refractivity contribution is -0.174. The van der Waals surface area contributed by atoms with Crippen LogP contribution in [0, 0.1) is 0 Å². The molecule has 0 bridgehead atoms. The Morgan fingerprint density at radius 2 is 1.38 bits per heavy atom. The van der Waals surface area contributed by atoms with Gasteiger partial charge in [-0.15, -0.1) is 0 Å². The van der Waals surface area contributed by atoms with E-state index >= 15 is 0 Å². The summed E-state index contributed by atoms with van der Waals surface area (Å²) in [6.45, 7) is 7.59. The molecule has 1 saturated heterocycles. The van der Waals surface area contributed by atoms with Crippen LogP contribution >= 0.6 is 0 Å². The van der Waals surface area contributed by atoms with Crippen LogP contribution in [0.25, 0.3) is 0 Å². The SMILES string of the molecule is CCCCCCCCCCCCCCC[C@@H]1CC(=O)[C@H](C(=O)N(C)OC)N1C(=O)OC(C)(C)C. The number of ether oxygens (including phenoxy) is 1. The van der Waals surface area contributed by atoms with Crippen molar-refractivity contribution in [3.05, 3.63) is 0 Å². The molecule has 0 unspecified atom stereocenters. The Morgan fingerprint density at radius 1 is 0.912 bits per heavy atom. The van der Waals surface area contributed by atoms with Gasteiger partial charge in [-0.3, -0.25) is 19.3 Å². The molecule has 1 heterocycles. The molecular formula is C27H50N2O5. The van der Waals surface area contributed by atoms with Crippen LogP contribution in [0.15, 0.2) is 0 Å². The number of hydroxylamine groups is 2. The van der Waals surface area contributed by atoms with Crippen molar-refractivity contribution >= 4 is 17.8 Å². The molecule has 198 valence electrons. The normalized spacial score (nSPS) is 18.4. The van der Waals surface area contributed by atoms with Gasteiger partial charge in [0.2, 0.25) is 0 Å². The lowest BCUT2D eigenvalue weighted by Crippen LogP contribution is -2.52. The highest BCUT2D eigenvalue weighted by molar-refractivity contribution is 6.09. The van der Waals surface area contributed by atoms with Gasteiger partial charge in [0.25, 0.3) is 5.91 Å². The summed E-state index contributed by atoms with van der Waals surface area (Å²) in [6, 6.07) is -1.49. The third kappa shape index (κ3) is 11.2. The van der Waals surface area contributed by atoms with Crippen molar-refractivity contribution in [1.29, 1.82) is 0 Å². The van der Waals surface area contributed by atoms with Gasteiger partial charge in [-0.25, -0.2) is 9.86 Å². The molecule has 34 heavy (non-hydrogen) atoms. The fraction of sp³-hybridized carbons (Fsp3) is 0.889. The van der Waals surface area contributed by atoms with Gasteiger partial charge in [-0.1, -0.05) is 90.4 Å². The Hall–Kier alpha value is -1.63. The van der Waals surface area contributed by atoms with Crippen LogP contribution in [0.1, 0.15) is 124 Å². The first-order chi connectivity index (χ1) is 16.1. The van der Waals surface area contributed by atoms with Gasteiger partial charge in [0, 0.05) is 19.5 Å². The summed E-state index contributed by atoms with van der Waals surface area (Å²) < 4.78 is 5.54. The number of likely N-dealkylation sites (tertiary alicyclic amines) is 1. The summed E-state index contributed by atoms with van der Waals surface area (Å²) in [5.41, 5.74) is -0.705. The van der Waals surface area contributed by atoms with Crippen molar-refractivity contribution in [1.82, 2.24) is 9.96 Å².